The van der Waals surface area contributed by atoms with E-state index in [0.717, 1.165) is 18.9 Å². The van der Waals surface area contributed by atoms with Crippen molar-refractivity contribution in [2.45, 2.75) is 58.5 Å². The molecule has 3 heteroatoms. The van der Waals surface area contributed by atoms with Gasteiger partial charge in [-0.05, 0) is 46.0 Å². The minimum Gasteiger partial charge on any atom is -0.481 e. The molecule has 1 rings (SSSR count). The molecule has 1 atom stereocenters. The highest BCUT2D eigenvalue weighted by Gasteiger charge is 2.27. The zero-order valence-electron chi connectivity index (χ0n) is 10.1. The van der Waals surface area contributed by atoms with Crippen LogP contribution in [-0.4, -0.2) is 34.6 Å². The van der Waals surface area contributed by atoms with Crippen LogP contribution in [0, 0.1) is 5.92 Å². The van der Waals surface area contributed by atoms with Crippen molar-refractivity contribution in [1.82, 2.24) is 4.90 Å². The number of carboxylic acids is 1. The van der Waals surface area contributed by atoms with E-state index in [1.165, 1.54) is 12.8 Å². The van der Waals surface area contributed by atoms with Crippen LogP contribution < -0.4 is 0 Å². The second-order valence-electron chi connectivity index (χ2n) is 5.02. The first-order valence-electron chi connectivity index (χ1n) is 5.98. The highest BCUT2D eigenvalue weighted by Crippen LogP contribution is 2.31. The van der Waals surface area contributed by atoms with Crippen LogP contribution in [0.5, 0.6) is 0 Å². The van der Waals surface area contributed by atoms with Gasteiger partial charge in [0, 0.05) is 25.0 Å². The Hall–Kier alpha value is -0.570. The second kappa shape index (κ2) is 5.50. The third kappa shape index (κ3) is 4.65. The molecule has 1 aliphatic rings. The van der Waals surface area contributed by atoms with Gasteiger partial charge in [-0.2, -0.15) is 0 Å². The van der Waals surface area contributed by atoms with Crippen molar-refractivity contribution in [3.63, 3.8) is 0 Å². The van der Waals surface area contributed by atoms with Gasteiger partial charge in [0.15, 0.2) is 0 Å². The Labute approximate surface area is 92.5 Å². The predicted molar refractivity (Wildman–Crippen MR) is 60.9 cm³/mol. The fraction of sp³-hybridized carbons (Fsp3) is 0.917. The molecule has 0 amide bonds. The van der Waals surface area contributed by atoms with Crippen LogP contribution in [-0.2, 0) is 4.79 Å². The molecule has 1 saturated carbocycles. The molecular weight excluding hydrogens is 190 g/mol. The Kier molecular flexibility index (Phi) is 4.58. The van der Waals surface area contributed by atoms with Crippen LogP contribution in [0.3, 0.4) is 0 Å². The number of rotatable bonds is 7. The van der Waals surface area contributed by atoms with Crippen molar-refractivity contribution in [1.29, 1.82) is 0 Å². The molecule has 0 aliphatic heterocycles. The van der Waals surface area contributed by atoms with Crippen LogP contribution in [0.2, 0.25) is 0 Å². The van der Waals surface area contributed by atoms with Crippen LogP contribution >= 0.6 is 0 Å². The summed E-state index contributed by atoms with van der Waals surface area (Å²) in [6.45, 7) is 7.68. The maximum atomic E-state index is 10.5. The molecule has 1 aliphatic carbocycles. The lowest BCUT2D eigenvalue weighted by atomic mass is 10.1. The van der Waals surface area contributed by atoms with E-state index in [-0.39, 0.29) is 6.42 Å². The minimum absolute atomic E-state index is 0.287. The molecule has 1 unspecified atom stereocenters. The van der Waals surface area contributed by atoms with Gasteiger partial charge in [0.05, 0.1) is 0 Å². The van der Waals surface area contributed by atoms with Gasteiger partial charge in [-0.25, -0.2) is 0 Å². The first-order valence-corrected chi connectivity index (χ1v) is 5.98. The topological polar surface area (TPSA) is 40.5 Å². The summed E-state index contributed by atoms with van der Waals surface area (Å²) in [4.78, 5) is 13.0. The summed E-state index contributed by atoms with van der Waals surface area (Å²) in [5.74, 6) is 0.191. The smallest absolute Gasteiger partial charge is 0.303 e. The normalized spacial score (nSPS) is 18.5. The summed E-state index contributed by atoms with van der Waals surface area (Å²) in [6, 6.07) is 0.913. The molecule has 0 aromatic heterocycles. The van der Waals surface area contributed by atoms with Crippen molar-refractivity contribution in [3.8, 4) is 0 Å². The zero-order valence-corrected chi connectivity index (χ0v) is 10.1. The van der Waals surface area contributed by atoms with Gasteiger partial charge in [0.2, 0.25) is 0 Å². The van der Waals surface area contributed by atoms with E-state index in [1.54, 1.807) is 0 Å². The van der Waals surface area contributed by atoms with Gasteiger partial charge in [-0.3, -0.25) is 9.69 Å². The third-order valence-electron chi connectivity index (χ3n) is 3.17. The van der Waals surface area contributed by atoms with Gasteiger partial charge < -0.3 is 5.11 Å². The molecule has 0 aromatic carbocycles. The fourth-order valence-corrected chi connectivity index (χ4v) is 2.00. The van der Waals surface area contributed by atoms with Gasteiger partial charge in [0.1, 0.15) is 0 Å². The van der Waals surface area contributed by atoms with Gasteiger partial charge in [-0.15, -0.1) is 0 Å². The van der Waals surface area contributed by atoms with Gasteiger partial charge in [-0.1, -0.05) is 0 Å². The van der Waals surface area contributed by atoms with Crippen molar-refractivity contribution in [2.75, 3.05) is 6.54 Å². The van der Waals surface area contributed by atoms with Crippen molar-refractivity contribution >= 4 is 5.97 Å². The lowest BCUT2D eigenvalue weighted by molar-refractivity contribution is -0.137. The number of aliphatic carboxylic acids is 1. The summed E-state index contributed by atoms with van der Waals surface area (Å²) in [7, 11) is 0. The number of carboxylic acid groups (broad SMARTS) is 1. The molecule has 0 heterocycles. The summed E-state index contributed by atoms with van der Waals surface area (Å²) in [5.41, 5.74) is 0. The summed E-state index contributed by atoms with van der Waals surface area (Å²) in [5, 5.41) is 8.66. The number of hydrogen-bond acceptors (Lipinski definition) is 2. The number of nitrogens with zero attached hydrogens (tertiary/aromatic N) is 1. The van der Waals surface area contributed by atoms with Gasteiger partial charge >= 0.3 is 5.97 Å². The number of carbonyl (C=O) groups is 1. The average Bonchev–Trinajstić information content (AvgIpc) is 2.93. The maximum absolute atomic E-state index is 10.5. The summed E-state index contributed by atoms with van der Waals surface area (Å²) < 4.78 is 0. The van der Waals surface area contributed by atoms with E-state index in [4.69, 9.17) is 5.11 Å². The molecule has 1 N–H and O–H groups in total. The summed E-state index contributed by atoms with van der Waals surface area (Å²) >= 11 is 0. The molecule has 3 nitrogen and oxygen atoms in total. The molecule has 0 saturated heterocycles. The van der Waals surface area contributed by atoms with Crippen molar-refractivity contribution in [3.05, 3.63) is 0 Å². The van der Waals surface area contributed by atoms with Crippen LogP contribution in [0.25, 0.3) is 0 Å². The van der Waals surface area contributed by atoms with Crippen molar-refractivity contribution < 1.29 is 9.90 Å². The van der Waals surface area contributed by atoms with E-state index >= 15 is 0 Å². The molecule has 0 radical (unpaired) electrons. The SMILES string of the molecule is CC(C)N(CC1CC1)C(C)CCC(=O)O. The molecule has 15 heavy (non-hydrogen) atoms. The minimum atomic E-state index is -0.683. The number of hydrogen-bond donors (Lipinski definition) is 1. The summed E-state index contributed by atoms with van der Waals surface area (Å²) in [6.07, 6.45) is 3.76. The molecular formula is C12H23NO2. The first kappa shape index (κ1) is 12.5. The highest BCUT2D eigenvalue weighted by atomic mass is 16.4. The lowest BCUT2D eigenvalue weighted by Crippen LogP contribution is -2.40. The first-order chi connectivity index (χ1) is 7.00. The van der Waals surface area contributed by atoms with E-state index in [0.29, 0.717) is 12.1 Å². The molecule has 0 bridgehead atoms. The molecule has 1 fully saturated rings. The van der Waals surface area contributed by atoms with Crippen LogP contribution in [0.1, 0.15) is 46.5 Å². The van der Waals surface area contributed by atoms with E-state index in [1.807, 2.05) is 0 Å². The Balaban J connectivity index is 2.35. The predicted octanol–water partition coefficient (Wildman–Crippen LogP) is 2.36. The van der Waals surface area contributed by atoms with Gasteiger partial charge in [0.25, 0.3) is 0 Å². The van der Waals surface area contributed by atoms with E-state index in [2.05, 4.69) is 25.7 Å². The van der Waals surface area contributed by atoms with E-state index < -0.39 is 5.97 Å². The van der Waals surface area contributed by atoms with E-state index in [9.17, 15) is 4.79 Å². The molecule has 0 aromatic rings. The zero-order chi connectivity index (χ0) is 11.4. The van der Waals surface area contributed by atoms with Crippen LogP contribution in [0.15, 0.2) is 0 Å². The Morgan fingerprint density at radius 3 is 2.40 bits per heavy atom. The Morgan fingerprint density at radius 1 is 1.40 bits per heavy atom. The monoisotopic (exact) mass is 213 g/mol. The maximum Gasteiger partial charge on any atom is 0.303 e. The van der Waals surface area contributed by atoms with Crippen molar-refractivity contribution in [2.24, 2.45) is 5.92 Å². The lowest BCUT2D eigenvalue weighted by Gasteiger charge is -2.32. The average molecular weight is 213 g/mol. The second-order valence-corrected chi connectivity index (χ2v) is 5.02. The standard InChI is InChI=1S/C12H23NO2/c1-9(2)13(8-11-5-6-11)10(3)4-7-12(14)15/h9-11H,4-8H2,1-3H3,(H,14,15). The third-order valence-corrected chi connectivity index (χ3v) is 3.17. The Bertz CT molecular complexity index is 212. The van der Waals surface area contributed by atoms with Crippen LogP contribution in [0.4, 0.5) is 0 Å². The quantitative estimate of drug-likeness (QED) is 0.705. The molecule has 0 spiro atoms. The Morgan fingerprint density at radius 2 is 2.00 bits per heavy atom. The highest BCUT2D eigenvalue weighted by molar-refractivity contribution is 5.66. The molecule has 88 valence electrons. The largest absolute Gasteiger partial charge is 0.481 e. The fourth-order valence-electron chi connectivity index (χ4n) is 2.00.